The molecule has 186 valence electrons. The van der Waals surface area contributed by atoms with Crippen molar-refractivity contribution in [3.8, 4) is 5.75 Å². The number of hydrogen-bond donors (Lipinski definition) is 1. The van der Waals surface area contributed by atoms with Gasteiger partial charge in [-0.1, -0.05) is 13.0 Å². The molecule has 34 heavy (non-hydrogen) atoms. The fourth-order valence-corrected chi connectivity index (χ4v) is 5.12. The molecule has 2 aromatic carbocycles. The minimum Gasteiger partial charge on any atom is -0.486 e. The van der Waals surface area contributed by atoms with Crippen LogP contribution in [0.3, 0.4) is 0 Å². The van der Waals surface area contributed by atoms with Crippen molar-refractivity contribution in [2.75, 3.05) is 45.7 Å². The summed E-state index contributed by atoms with van der Waals surface area (Å²) in [5.74, 6) is -0.657. The Bertz CT molecular complexity index is 1120. The molecular weight excluding hydrogens is 461 g/mol. The summed E-state index contributed by atoms with van der Waals surface area (Å²) in [6.45, 7) is 3.74. The van der Waals surface area contributed by atoms with Gasteiger partial charge < -0.3 is 19.6 Å². The molecule has 1 aliphatic rings. The Morgan fingerprint density at radius 2 is 1.82 bits per heavy atom. The molecule has 1 heterocycles. The highest BCUT2D eigenvalue weighted by Gasteiger charge is 2.36. The van der Waals surface area contributed by atoms with Crippen molar-refractivity contribution >= 4 is 21.6 Å². The van der Waals surface area contributed by atoms with Gasteiger partial charge in [-0.15, -0.1) is 0 Å². The number of rotatable bonds is 7. The number of aliphatic hydroxyl groups is 1. The van der Waals surface area contributed by atoms with E-state index in [2.05, 4.69) is 0 Å². The van der Waals surface area contributed by atoms with E-state index in [1.807, 2.05) is 32.0 Å². The molecule has 0 aliphatic carbocycles. The average molecular weight is 494 g/mol. The monoisotopic (exact) mass is 493 g/mol. The van der Waals surface area contributed by atoms with E-state index in [4.69, 9.17) is 4.74 Å². The van der Waals surface area contributed by atoms with Crippen LogP contribution in [0.2, 0.25) is 0 Å². The number of halogens is 1. The van der Waals surface area contributed by atoms with Crippen LogP contribution in [0.4, 0.5) is 10.1 Å². The van der Waals surface area contributed by atoms with Gasteiger partial charge in [0.25, 0.3) is 5.91 Å². The number of sulfonamides is 1. The summed E-state index contributed by atoms with van der Waals surface area (Å²) in [5.41, 5.74) is 1.04. The molecule has 0 saturated heterocycles. The van der Waals surface area contributed by atoms with Gasteiger partial charge in [0.2, 0.25) is 10.0 Å². The number of nitrogens with zero attached hydrogens (tertiary/aromatic N) is 3. The smallest absolute Gasteiger partial charge is 0.258 e. The average Bonchev–Trinajstić information content (AvgIpc) is 2.80. The molecule has 0 aromatic heterocycles. The van der Waals surface area contributed by atoms with Gasteiger partial charge in [-0.25, -0.2) is 12.8 Å². The van der Waals surface area contributed by atoms with Crippen molar-refractivity contribution in [2.45, 2.75) is 30.9 Å². The van der Waals surface area contributed by atoms with E-state index in [9.17, 15) is 22.7 Å². The zero-order valence-corrected chi connectivity index (χ0v) is 20.9. The van der Waals surface area contributed by atoms with Gasteiger partial charge >= 0.3 is 0 Å². The zero-order chi connectivity index (χ0) is 25.2. The number of para-hydroxylation sites is 1. The lowest BCUT2D eigenvalue weighted by molar-refractivity contribution is 0.0388. The van der Waals surface area contributed by atoms with Crippen LogP contribution in [-0.2, 0) is 10.0 Å². The van der Waals surface area contributed by atoms with E-state index >= 15 is 0 Å². The first-order valence-corrected chi connectivity index (χ1v) is 12.5. The second kappa shape index (κ2) is 10.3. The first-order chi connectivity index (χ1) is 16.0. The summed E-state index contributed by atoms with van der Waals surface area (Å²) in [6, 6.07) is 9.51. The SMILES string of the molecule is C[C@H]1CN([C@@H](C)CO)C(=O)c2cccc(N(C)C)c2O[C@@H]1CN(C)S(=O)(=O)c1ccc(F)cc1. The summed E-state index contributed by atoms with van der Waals surface area (Å²) in [6.07, 6.45) is -0.596. The molecule has 8 nitrogen and oxygen atoms in total. The molecular formula is C24H32FN3O5S. The number of likely N-dealkylation sites (N-methyl/N-ethyl adjacent to an activating group) is 1. The second-order valence-electron chi connectivity index (χ2n) is 8.91. The minimum atomic E-state index is -3.89. The molecule has 3 rings (SSSR count). The number of carbonyl (C=O) groups is 1. The van der Waals surface area contributed by atoms with Crippen LogP contribution in [-0.4, -0.2) is 81.6 Å². The van der Waals surface area contributed by atoms with Crippen molar-refractivity contribution in [3.63, 3.8) is 0 Å². The first kappa shape index (κ1) is 25.9. The van der Waals surface area contributed by atoms with Crippen molar-refractivity contribution < 1.29 is 27.4 Å². The summed E-state index contributed by atoms with van der Waals surface area (Å²) in [7, 11) is 1.22. The van der Waals surface area contributed by atoms with Crippen LogP contribution in [0.25, 0.3) is 0 Å². The molecule has 0 radical (unpaired) electrons. The summed E-state index contributed by atoms with van der Waals surface area (Å²) >= 11 is 0. The molecule has 3 atom stereocenters. The largest absolute Gasteiger partial charge is 0.486 e. The highest BCUT2D eigenvalue weighted by molar-refractivity contribution is 7.89. The predicted octanol–water partition coefficient (Wildman–Crippen LogP) is 2.43. The second-order valence-corrected chi connectivity index (χ2v) is 11.0. The number of ether oxygens (including phenoxy) is 1. The lowest BCUT2D eigenvalue weighted by atomic mass is 9.99. The Morgan fingerprint density at radius 3 is 2.41 bits per heavy atom. The summed E-state index contributed by atoms with van der Waals surface area (Å²) in [5, 5.41) is 9.76. The molecule has 0 saturated carbocycles. The number of hydrogen-bond acceptors (Lipinski definition) is 6. The Kier molecular flexibility index (Phi) is 7.84. The quantitative estimate of drug-likeness (QED) is 0.637. The third-order valence-corrected chi connectivity index (χ3v) is 7.95. The van der Waals surface area contributed by atoms with Gasteiger partial charge in [-0.3, -0.25) is 4.79 Å². The standard InChI is InChI=1S/C24H32FN3O5S/c1-16-13-28(17(2)15-29)24(30)20-7-6-8-21(26(3)4)23(20)33-22(16)14-27(5)34(31,32)19-11-9-18(25)10-12-19/h6-12,16-17,22,29H,13-15H2,1-5H3/t16-,17-,22+/m0/s1. The number of anilines is 1. The zero-order valence-electron chi connectivity index (χ0n) is 20.1. The number of carbonyl (C=O) groups excluding carboxylic acids is 1. The number of amides is 1. The van der Waals surface area contributed by atoms with Crippen molar-refractivity contribution in [1.82, 2.24) is 9.21 Å². The fraction of sp³-hybridized carbons (Fsp3) is 0.458. The highest BCUT2D eigenvalue weighted by Crippen LogP contribution is 2.36. The third-order valence-electron chi connectivity index (χ3n) is 6.11. The predicted molar refractivity (Wildman–Crippen MR) is 128 cm³/mol. The van der Waals surface area contributed by atoms with Gasteiger partial charge in [0.1, 0.15) is 11.9 Å². The van der Waals surface area contributed by atoms with Crippen molar-refractivity contribution in [3.05, 3.63) is 53.8 Å². The van der Waals surface area contributed by atoms with Crippen LogP contribution in [0.1, 0.15) is 24.2 Å². The maximum atomic E-state index is 13.4. The highest BCUT2D eigenvalue weighted by atomic mass is 32.2. The number of benzene rings is 2. The maximum Gasteiger partial charge on any atom is 0.258 e. The van der Waals surface area contributed by atoms with E-state index in [0.717, 1.165) is 12.1 Å². The molecule has 0 fully saturated rings. The van der Waals surface area contributed by atoms with Crippen LogP contribution in [0, 0.1) is 11.7 Å². The Morgan fingerprint density at radius 1 is 1.18 bits per heavy atom. The summed E-state index contributed by atoms with van der Waals surface area (Å²) < 4.78 is 47.1. The van der Waals surface area contributed by atoms with Crippen molar-refractivity contribution in [1.29, 1.82) is 0 Å². The fourth-order valence-electron chi connectivity index (χ4n) is 3.94. The van der Waals surface area contributed by atoms with Crippen LogP contribution >= 0.6 is 0 Å². The summed E-state index contributed by atoms with van der Waals surface area (Å²) in [4.78, 5) is 16.8. The Hall–Kier alpha value is -2.69. The van der Waals surface area contributed by atoms with Gasteiger partial charge in [-0.2, -0.15) is 4.31 Å². The topological polar surface area (TPSA) is 90.4 Å². The molecule has 1 N–H and O–H groups in total. The normalized spacial score (nSPS) is 19.8. The van der Waals surface area contributed by atoms with Crippen LogP contribution in [0.5, 0.6) is 5.75 Å². The maximum absolute atomic E-state index is 13.4. The molecule has 2 aromatic rings. The third kappa shape index (κ3) is 5.18. The van der Waals surface area contributed by atoms with Crippen LogP contribution < -0.4 is 9.64 Å². The molecule has 10 heteroatoms. The Labute approximate surface area is 200 Å². The lowest BCUT2D eigenvalue weighted by Gasteiger charge is -2.38. The van der Waals surface area contributed by atoms with E-state index in [1.54, 1.807) is 24.0 Å². The molecule has 0 spiro atoms. The molecule has 0 unspecified atom stereocenters. The van der Waals surface area contributed by atoms with Gasteiger partial charge in [0.05, 0.1) is 35.3 Å². The molecule has 0 bridgehead atoms. The van der Waals surface area contributed by atoms with Gasteiger partial charge in [-0.05, 0) is 43.3 Å². The van der Waals surface area contributed by atoms with Gasteiger partial charge in [0, 0.05) is 33.6 Å². The lowest BCUT2D eigenvalue weighted by Crippen LogP contribution is -2.50. The number of aliphatic hydroxyl groups excluding tert-OH is 1. The van der Waals surface area contributed by atoms with E-state index in [-0.39, 0.29) is 36.4 Å². The van der Waals surface area contributed by atoms with Crippen LogP contribution in [0.15, 0.2) is 47.4 Å². The molecule has 1 aliphatic heterocycles. The van der Waals surface area contributed by atoms with E-state index < -0.39 is 28.0 Å². The Balaban J connectivity index is 2.01. The molecule has 1 amide bonds. The number of fused-ring (bicyclic) bond motifs is 1. The minimum absolute atomic E-state index is 0.0115. The van der Waals surface area contributed by atoms with E-state index in [1.165, 1.54) is 23.5 Å². The van der Waals surface area contributed by atoms with Gasteiger partial charge in [0.15, 0.2) is 5.75 Å². The van der Waals surface area contributed by atoms with Crippen molar-refractivity contribution in [2.24, 2.45) is 5.92 Å². The van der Waals surface area contributed by atoms with E-state index in [0.29, 0.717) is 17.0 Å². The first-order valence-electron chi connectivity index (χ1n) is 11.1.